The number of carbonyl (C=O) groups is 2. The second-order valence-corrected chi connectivity index (χ2v) is 9.49. The highest BCUT2D eigenvalue weighted by atomic mass is 19.4. The molecule has 0 aliphatic carbocycles. The number of ether oxygens (including phenoxy) is 2. The second-order valence-electron chi connectivity index (χ2n) is 9.49. The minimum atomic E-state index is -5.08. The molecule has 1 fully saturated rings. The van der Waals surface area contributed by atoms with Gasteiger partial charge in [-0.3, -0.25) is 4.79 Å². The fourth-order valence-electron chi connectivity index (χ4n) is 4.48. The highest BCUT2D eigenvalue weighted by Crippen LogP contribution is 2.33. The first-order valence-electron chi connectivity index (χ1n) is 12.5. The van der Waals surface area contributed by atoms with Crippen molar-refractivity contribution in [1.82, 2.24) is 29.5 Å². The van der Waals surface area contributed by atoms with Crippen molar-refractivity contribution in [3.63, 3.8) is 0 Å². The largest absolute Gasteiger partial charge is 0.495 e. The third kappa shape index (κ3) is 6.96. The molecule has 0 saturated carbocycles. The highest BCUT2D eigenvalue weighted by molar-refractivity contribution is 5.76. The van der Waals surface area contributed by atoms with Gasteiger partial charge in [0.25, 0.3) is 0 Å². The van der Waals surface area contributed by atoms with Crippen molar-refractivity contribution in [3.05, 3.63) is 35.7 Å². The molecule has 4 heterocycles. The molecule has 0 unspecified atom stereocenters. The van der Waals surface area contributed by atoms with Gasteiger partial charge in [0.1, 0.15) is 5.75 Å². The lowest BCUT2D eigenvalue weighted by molar-refractivity contribution is -0.192. The molecule has 1 aromatic carbocycles. The number of morpholine rings is 1. The van der Waals surface area contributed by atoms with E-state index in [-0.39, 0.29) is 12.0 Å². The number of fused-ring (bicyclic) bond motifs is 2. The normalized spacial score (nSPS) is 17.6. The van der Waals surface area contributed by atoms with Crippen molar-refractivity contribution in [3.8, 4) is 5.75 Å². The third-order valence-electron chi connectivity index (χ3n) is 6.55. The Labute approximate surface area is 227 Å². The zero-order chi connectivity index (χ0) is 29.0. The first kappa shape index (κ1) is 29.0. The number of nitrogens with zero attached hydrogens (tertiary/aromatic N) is 6. The predicted molar refractivity (Wildman–Crippen MR) is 137 cm³/mol. The van der Waals surface area contributed by atoms with Crippen molar-refractivity contribution < 1.29 is 37.3 Å². The Balaban J connectivity index is 0.000000470. The highest BCUT2D eigenvalue weighted by Gasteiger charge is 2.38. The molecular formula is C25H30F3N7O5. The maximum Gasteiger partial charge on any atom is 0.490 e. The van der Waals surface area contributed by atoms with Crippen LogP contribution in [0.3, 0.4) is 0 Å². The molecule has 12 nitrogen and oxygen atoms in total. The predicted octanol–water partition coefficient (Wildman–Crippen LogP) is 2.45. The molecular weight excluding hydrogens is 535 g/mol. The van der Waals surface area contributed by atoms with E-state index in [0.717, 1.165) is 36.3 Å². The lowest BCUT2D eigenvalue weighted by Crippen LogP contribution is -2.46. The molecule has 216 valence electrons. The van der Waals surface area contributed by atoms with Crippen LogP contribution in [0.2, 0.25) is 0 Å². The number of aromatic nitrogens is 4. The lowest BCUT2D eigenvalue weighted by Gasteiger charge is -2.32. The number of amides is 1. The van der Waals surface area contributed by atoms with Crippen molar-refractivity contribution in [2.45, 2.75) is 38.7 Å². The van der Waals surface area contributed by atoms with Gasteiger partial charge in [0.05, 0.1) is 43.6 Å². The summed E-state index contributed by atoms with van der Waals surface area (Å²) in [6.07, 6.45) is -0.694. The van der Waals surface area contributed by atoms with Crippen molar-refractivity contribution >= 4 is 34.5 Å². The Kier molecular flexibility index (Phi) is 8.73. The van der Waals surface area contributed by atoms with Crippen molar-refractivity contribution in [2.75, 3.05) is 45.7 Å². The number of nitrogens with one attached hydrogen (secondary N) is 1. The molecule has 1 atom stereocenters. The van der Waals surface area contributed by atoms with Gasteiger partial charge >= 0.3 is 12.1 Å². The molecule has 1 amide bonds. The van der Waals surface area contributed by atoms with Crippen LogP contribution in [0.1, 0.15) is 18.1 Å². The van der Waals surface area contributed by atoms with Crippen LogP contribution >= 0.6 is 0 Å². The Morgan fingerprint density at radius 1 is 1.23 bits per heavy atom. The number of methoxy groups -OCH3 is 1. The number of alkyl halides is 3. The first-order chi connectivity index (χ1) is 18.9. The van der Waals surface area contributed by atoms with E-state index in [1.54, 1.807) is 26.4 Å². The van der Waals surface area contributed by atoms with Crippen molar-refractivity contribution in [2.24, 2.45) is 0 Å². The van der Waals surface area contributed by atoms with Gasteiger partial charge in [-0.1, -0.05) is 0 Å². The quantitative estimate of drug-likeness (QED) is 0.475. The van der Waals surface area contributed by atoms with Gasteiger partial charge in [-0.2, -0.15) is 23.3 Å². The second kappa shape index (κ2) is 12.0. The van der Waals surface area contributed by atoms with Gasteiger partial charge in [-0.05, 0) is 36.7 Å². The summed E-state index contributed by atoms with van der Waals surface area (Å²) in [4.78, 5) is 34.0. The topological polar surface area (TPSA) is 135 Å². The standard InChI is InChI=1S/C23H29N7O3.C2HF3O2/c1-15(31)29-6-7-33-19(13-29)14-30-22-18(11-25-30)10-24-23(27-22)26-20-8-17-12-28(2)5-4-16(17)9-21(20)32-3;3-2(4,5)1(6)7/h8-11,19H,4-7,12-14H2,1-3H3,(H,24,26,27);(H,6,7)/t19-;/m1./s1. The van der Waals surface area contributed by atoms with E-state index in [0.29, 0.717) is 37.8 Å². The summed E-state index contributed by atoms with van der Waals surface area (Å²) < 4.78 is 45.1. The average molecular weight is 566 g/mol. The lowest BCUT2D eigenvalue weighted by atomic mass is 9.99. The van der Waals surface area contributed by atoms with Gasteiger partial charge in [0.2, 0.25) is 11.9 Å². The molecule has 0 spiro atoms. The first-order valence-corrected chi connectivity index (χ1v) is 12.5. The van der Waals surface area contributed by atoms with Gasteiger partial charge in [0.15, 0.2) is 5.65 Å². The van der Waals surface area contributed by atoms with Crippen LogP contribution < -0.4 is 10.1 Å². The molecule has 3 aromatic rings. The summed E-state index contributed by atoms with van der Waals surface area (Å²) in [5, 5.41) is 15.8. The van der Waals surface area contributed by atoms with Gasteiger partial charge in [0, 0.05) is 39.3 Å². The molecule has 2 aliphatic rings. The fourth-order valence-corrected chi connectivity index (χ4v) is 4.48. The summed E-state index contributed by atoms with van der Waals surface area (Å²) in [6, 6.07) is 4.23. The average Bonchev–Trinajstić information content (AvgIpc) is 3.30. The summed E-state index contributed by atoms with van der Waals surface area (Å²) in [6.45, 7) is 5.75. The number of carboxylic acids is 1. The molecule has 2 aliphatic heterocycles. The minimum absolute atomic E-state index is 0.0626. The SMILES string of the molecule is COc1cc2c(cc1Nc1ncc3cnn(C[C@H]4CN(C(C)=O)CCO4)c3n1)CN(C)CC2.O=C(O)C(F)(F)F. The van der Waals surface area contributed by atoms with E-state index < -0.39 is 12.1 Å². The number of carbonyl (C=O) groups excluding carboxylic acids is 1. The van der Waals surface area contributed by atoms with Gasteiger partial charge in [-0.15, -0.1) is 0 Å². The fraction of sp³-hybridized carbons (Fsp3) is 0.480. The minimum Gasteiger partial charge on any atom is -0.495 e. The van der Waals surface area contributed by atoms with E-state index in [2.05, 4.69) is 39.5 Å². The van der Waals surface area contributed by atoms with Crippen LogP contribution in [-0.4, -0.2) is 99.2 Å². The molecule has 1 saturated heterocycles. The third-order valence-corrected chi connectivity index (χ3v) is 6.55. The van der Waals surface area contributed by atoms with E-state index in [4.69, 9.17) is 24.4 Å². The zero-order valence-corrected chi connectivity index (χ0v) is 22.2. The smallest absolute Gasteiger partial charge is 0.490 e. The van der Waals surface area contributed by atoms with Crippen LogP contribution in [0.25, 0.3) is 11.0 Å². The van der Waals surface area contributed by atoms with Crippen LogP contribution in [0.15, 0.2) is 24.5 Å². The van der Waals surface area contributed by atoms with Crippen LogP contribution in [0.5, 0.6) is 5.75 Å². The number of benzene rings is 1. The van der Waals surface area contributed by atoms with E-state index in [9.17, 15) is 18.0 Å². The maximum absolute atomic E-state index is 11.7. The maximum atomic E-state index is 11.7. The molecule has 15 heteroatoms. The summed E-state index contributed by atoms with van der Waals surface area (Å²) in [5.74, 6) is -1.45. The van der Waals surface area contributed by atoms with Crippen LogP contribution in [-0.2, 0) is 33.8 Å². The number of rotatable bonds is 5. The number of likely N-dealkylation sites (N-methyl/N-ethyl adjacent to an activating group) is 1. The zero-order valence-electron chi connectivity index (χ0n) is 22.2. The van der Waals surface area contributed by atoms with Crippen LogP contribution in [0.4, 0.5) is 24.8 Å². The molecule has 0 radical (unpaired) electrons. The summed E-state index contributed by atoms with van der Waals surface area (Å²) in [7, 11) is 3.81. The van der Waals surface area contributed by atoms with Crippen molar-refractivity contribution in [1.29, 1.82) is 0 Å². The number of hydrogen-bond acceptors (Lipinski definition) is 9. The van der Waals surface area contributed by atoms with E-state index in [1.165, 1.54) is 11.1 Å². The van der Waals surface area contributed by atoms with Crippen LogP contribution in [0, 0.1) is 0 Å². The van der Waals surface area contributed by atoms with Gasteiger partial charge in [-0.25, -0.2) is 14.5 Å². The monoisotopic (exact) mass is 565 g/mol. The summed E-state index contributed by atoms with van der Waals surface area (Å²) in [5.41, 5.74) is 4.15. The number of halogens is 3. The number of aliphatic carboxylic acids is 1. The van der Waals surface area contributed by atoms with Gasteiger partial charge < -0.3 is 29.7 Å². The number of carboxylic acid groups (broad SMARTS) is 1. The molecule has 0 bridgehead atoms. The molecule has 2 N–H and O–H groups in total. The van der Waals surface area contributed by atoms with E-state index in [1.807, 2.05) is 9.58 Å². The number of anilines is 2. The van der Waals surface area contributed by atoms with E-state index >= 15 is 0 Å². The number of hydrogen-bond donors (Lipinski definition) is 2. The Morgan fingerprint density at radius 2 is 1.98 bits per heavy atom. The Bertz CT molecular complexity index is 1380. The Morgan fingerprint density at radius 3 is 2.65 bits per heavy atom. The molecule has 40 heavy (non-hydrogen) atoms. The summed E-state index contributed by atoms with van der Waals surface area (Å²) >= 11 is 0. The Hall–Kier alpha value is -3.98. The molecule has 2 aromatic heterocycles. The molecule has 5 rings (SSSR count).